The molecule has 0 radical (unpaired) electrons. The third-order valence-electron chi connectivity index (χ3n) is 2.63. The second-order valence-electron chi connectivity index (χ2n) is 4.18. The van der Waals surface area contributed by atoms with Gasteiger partial charge in [-0.25, -0.2) is 12.8 Å². The van der Waals surface area contributed by atoms with Crippen LogP contribution in [0.3, 0.4) is 0 Å². The Kier molecular flexibility index (Phi) is 3.87. The zero-order chi connectivity index (χ0) is 14.9. The van der Waals surface area contributed by atoms with E-state index in [1.54, 1.807) is 6.92 Å². The highest BCUT2D eigenvalue weighted by Gasteiger charge is 2.17. The summed E-state index contributed by atoms with van der Waals surface area (Å²) in [7, 11) is -3.92. The first-order chi connectivity index (χ1) is 9.29. The monoisotopic (exact) mass is 315 g/mol. The second kappa shape index (κ2) is 5.30. The molecule has 20 heavy (non-hydrogen) atoms. The van der Waals surface area contributed by atoms with Gasteiger partial charge in [-0.3, -0.25) is 4.72 Å². The Bertz CT molecular complexity index is 745. The number of phenols is 1. The van der Waals surface area contributed by atoms with Gasteiger partial charge < -0.3 is 5.11 Å². The third-order valence-corrected chi connectivity index (χ3v) is 4.23. The first-order valence-corrected chi connectivity index (χ1v) is 7.43. The normalized spacial score (nSPS) is 11.3. The highest BCUT2D eigenvalue weighted by molar-refractivity contribution is 7.92. The molecule has 0 aromatic heterocycles. The van der Waals surface area contributed by atoms with Gasteiger partial charge in [0.25, 0.3) is 10.0 Å². The minimum absolute atomic E-state index is 0.0284. The van der Waals surface area contributed by atoms with E-state index in [4.69, 9.17) is 11.6 Å². The molecule has 2 N–H and O–H groups in total. The lowest BCUT2D eigenvalue weighted by atomic mass is 10.2. The topological polar surface area (TPSA) is 66.4 Å². The zero-order valence-electron chi connectivity index (χ0n) is 10.4. The lowest BCUT2D eigenvalue weighted by molar-refractivity contribution is 0.473. The summed E-state index contributed by atoms with van der Waals surface area (Å²) in [4.78, 5) is -0.115. The smallest absolute Gasteiger partial charge is 0.262 e. The van der Waals surface area contributed by atoms with Crippen molar-refractivity contribution in [3.8, 4) is 5.75 Å². The van der Waals surface area contributed by atoms with Crippen LogP contribution in [0.2, 0.25) is 5.02 Å². The number of sulfonamides is 1. The molecular weight excluding hydrogens is 305 g/mol. The van der Waals surface area contributed by atoms with E-state index >= 15 is 0 Å². The molecule has 2 aromatic rings. The highest BCUT2D eigenvalue weighted by Crippen LogP contribution is 2.32. The standard InChI is InChI=1S/C13H11ClFNO3S/c1-8-6-9(14)7-12(13(8)17)16-20(18,19)11-4-2-10(15)3-5-11/h2-7,16-17H,1H3. The lowest BCUT2D eigenvalue weighted by Gasteiger charge is -2.11. The van der Waals surface area contributed by atoms with Crippen LogP contribution in [0.15, 0.2) is 41.3 Å². The van der Waals surface area contributed by atoms with Crippen LogP contribution < -0.4 is 4.72 Å². The van der Waals surface area contributed by atoms with Gasteiger partial charge in [0.2, 0.25) is 0 Å². The molecule has 0 aliphatic heterocycles. The Labute approximate surface area is 120 Å². The third kappa shape index (κ3) is 3.02. The number of hydrogen-bond donors (Lipinski definition) is 2. The van der Waals surface area contributed by atoms with Crippen LogP contribution in [0, 0.1) is 12.7 Å². The van der Waals surface area contributed by atoms with Crippen LogP contribution in [-0.2, 0) is 10.0 Å². The van der Waals surface area contributed by atoms with Crippen molar-refractivity contribution >= 4 is 27.3 Å². The molecule has 0 amide bonds. The Morgan fingerprint density at radius 3 is 2.40 bits per heavy atom. The summed E-state index contributed by atoms with van der Waals surface area (Å²) in [6.45, 7) is 1.59. The number of halogens is 2. The molecule has 0 saturated heterocycles. The molecule has 0 fully saturated rings. The molecule has 4 nitrogen and oxygen atoms in total. The van der Waals surface area contributed by atoms with Crippen LogP contribution in [0.5, 0.6) is 5.75 Å². The number of nitrogens with one attached hydrogen (secondary N) is 1. The zero-order valence-corrected chi connectivity index (χ0v) is 12.0. The summed E-state index contributed by atoms with van der Waals surface area (Å²) in [5.74, 6) is -0.745. The number of hydrogen-bond acceptors (Lipinski definition) is 3. The Morgan fingerprint density at radius 1 is 1.20 bits per heavy atom. The van der Waals surface area contributed by atoms with Gasteiger partial charge in [0.1, 0.15) is 11.6 Å². The quantitative estimate of drug-likeness (QED) is 0.854. The molecular formula is C13H11ClFNO3S. The van der Waals surface area contributed by atoms with Crippen LogP contribution in [0.25, 0.3) is 0 Å². The first-order valence-electron chi connectivity index (χ1n) is 5.57. The van der Waals surface area contributed by atoms with Crippen LogP contribution in [0.1, 0.15) is 5.56 Å². The van der Waals surface area contributed by atoms with Crippen LogP contribution in [0.4, 0.5) is 10.1 Å². The van der Waals surface area contributed by atoms with Gasteiger partial charge in [0, 0.05) is 5.02 Å². The average Bonchev–Trinajstić information content (AvgIpc) is 2.35. The fourth-order valence-electron chi connectivity index (χ4n) is 1.63. The fourth-order valence-corrected chi connectivity index (χ4v) is 2.96. The van der Waals surface area contributed by atoms with E-state index in [1.165, 1.54) is 12.1 Å². The molecule has 7 heteroatoms. The van der Waals surface area contributed by atoms with E-state index < -0.39 is 15.8 Å². The van der Waals surface area contributed by atoms with Gasteiger partial charge >= 0.3 is 0 Å². The van der Waals surface area contributed by atoms with Crippen molar-refractivity contribution in [1.82, 2.24) is 0 Å². The molecule has 106 valence electrons. The highest BCUT2D eigenvalue weighted by atomic mass is 35.5. The number of anilines is 1. The van der Waals surface area contributed by atoms with Crippen molar-refractivity contribution in [2.24, 2.45) is 0 Å². The molecule has 0 aliphatic carbocycles. The Balaban J connectivity index is 2.41. The summed E-state index contributed by atoms with van der Waals surface area (Å²) >= 11 is 5.82. The first kappa shape index (κ1) is 14.6. The Morgan fingerprint density at radius 2 is 1.80 bits per heavy atom. The van der Waals surface area contributed by atoms with Crippen molar-refractivity contribution in [2.75, 3.05) is 4.72 Å². The molecule has 2 aromatic carbocycles. The Hall–Kier alpha value is -1.79. The average molecular weight is 316 g/mol. The lowest BCUT2D eigenvalue weighted by Crippen LogP contribution is -2.13. The van der Waals surface area contributed by atoms with Crippen molar-refractivity contribution in [2.45, 2.75) is 11.8 Å². The number of rotatable bonds is 3. The molecule has 0 bridgehead atoms. The number of aromatic hydroxyl groups is 1. The number of phenolic OH excluding ortho intramolecular Hbond substituents is 1. The van der Waals surface area contributed by atoms with Gasteiger partial charge in [-0.15, -0.1) is 0 Å². The van der Waals surface area contributed by atoms with Gasteiger partial charge in [-0.05, 0) is 48.9 Å². The van der Waals surface area contributed by atoms with Gasteiger partial charge in [0.05, 0.1) is 10.6 Å². The maximum absolute atomic E-state index is 12.8. The maximum atomic E-state index is 12.8. The molecule has 0 spiro atoms. The fraction of sp³-hybridized carbons (Fsp3) is 0.0769. The summed E-state index contributed by atoms with van der Waals surface area (Å²) < 4.78 is 39.2. The maximum Gasteiger partial charge on any atom is 0.262 e. The number of benzene rings is 2. The van der Waals surface area contributed by atoms with Crippen molar-refractivity contribution < 1.29 is 17.9 Å². The van der Waals surface area contributed by atoms with Crippen molar-refractivity contribution in [1.29, 1.82) is 0 Å². The molecule has 0 heterocycles. The van der Waals surface area contributed by atoms with E-state index in [0.29, 0.717) is 5.56 Å². The predicted molar refractivity (Wildman–Crippen MR) is 75.1 cm³/mol. The molecule has 0 unspecified atom stereocenters. The molecule has 0 atom stereocenters. The van der Waals surface area contributed by atoms with E-state index in [9.17, 15) is 17.9 Å². The predicted octanol–water partition coefficient (Wildman–Crippen LogP) is 3.29. The van der Waals surface area contributed by atoms with Crippen molar-refractivity contribution in [3.05, 3.63) is 52.8 Å². The van der Waals surface area contributed by atoms with Gasteiger partial charge in [0.15, 0.2) is 0 Å². The molecule has 2 rings (SSSR count). The van der Waals surface area contributed by atoms with E-state index in [1.807, 2.05) is 0 Å². The van der Waals surface area contributed by atoms with Crippen LogP contribution >= 0.6 is 11.6 Å². The van der Waals surface area contributed by atoms with E-state index in [-0.39, 0.29) is 21.4 Å². The number of aryl methyl sites for hydroxylation is 1. The summed E-state index contributed by atoms with van der Waals surface area (Å²) in [6.07, 6.45) is 0. The van der Waals surface area contributed by atoms with E-state index in [2.05, 4.69) is 4.72 Å². The van der Waals surface area contributed by atoms with Crippen LogP contribution in [-0.4, -0.2) is 13.5 Å². The van der Waals surface area contributed by atoms with Gasteiger partial charge in [-0.2, -0.15) is 0 Å². The summed E-state index contributed by atoms with van der Waals surface area (Å²) in [6, 6.07) is 7.14. The summed E-state index contributed by atoms with van der Waals surface area (Å²) in [5, 5.41) is 10.1. The summed E-state index contributed by atoms with van der Waals surface area (Å²) in [5.41, 5.74) is 0.411. The van der Waals surface area contributed by atoms with E-state index in [0.717, 1.165) is 24.3 Å². The minimum atomic E-state index is -3.92. The SMILES string of the molecule is Cc1cc(Cl)cc(NS(=O)(=O)c2ccc(F)cc2)c1O. The van der Waals surface area contributed by atoms with Crippen molar-refractivity contribution in [3.63, 3.8) is 0 Å². The molecule has 0 aliphatic rings. The molecule has 0 saturated carbocycles. The second-order valence-corrected chi connectivity index (χ2v) is 6.30. The van der Waals surface area contributed by atoms with Gasteiger partial charge in [-0.1, -0.05) is 11.6 Å². The minimum Gasteiger partial charge on any atom is -0.505 e. The largest absolute Gasteiger partial charge is 0.505 e.